The molecule has 0 aromatic heterocycles. The van der Waals surface area contributed by atoms with Gasteiger partial charge in [-0.25, -0.2) is 4.90 Å². The molecule has 3 rings (SSSR count). The Kier molecular flexibility index (Phi) is 2.81. The number of aromatic hydroxyl groups is 1. The van der Waals surface area contributed by atoms with E-state index in [-0.39, 0.29) is 29.4 Å². The summed E-state index contributed by atoms with van der Waals surface area (Å²) < 4.78 is 0. The summed E-state index contributed by atoms with van der Waals surface area (Å²) in [5.41, 5.74) is 1.12. The third kappa shape index (κ3) is 1.74. The molecule has 4 heteroatoms. The molecule has 0 spiro atoms. The van der Waals surface area contributed by atoms with Crippen molar-refractivity contribution in [2.24, 2.45) is 11.8 Å². The highest BCUT2D eigenvalue weighted by Gasteiger charge is 2.49. The first kappa shape index (κ1) is 12.2. The zero-order valence-corrected chi connectivity index (χ0v) is 10.9. The largest absolute Gasteiger partial charge is 0.508 e. The molecule has 1 aromatic rings. The van der Waals surface area contributed by atoms with Gasteiger partial charge in [-0.3, -0.25) is 9.59 Å². The lowest BCUT2D eigenvalue weighted by Gasteiger charge is -2.19. The average molecular weight is 259 g/mol. The number of nitrogens with zero attached hydrogens (tertiary/aromatic N) is 1. The number of carbonyl (C=O) groups excluding carboxylic acids is 2. The van der Waals surface area contributed by atoms with Crippen LogP contribution in [0.5, 0.6) is 5.75 Å². The van der Waals surface area contributed by atoms with Crippen molar-refractivity contribution in [2.45, 2.75) is 32.6 Å². The number of phenolic OH excluding ortho intramolecular Hbond substituents is 1. The van der Waals surface area contributed by atoms with Crippen LogP contribution in [0.25, 0.3) is 0 Å². The van der Waals surface area contributed by atoms with Crippen LogP contribution in [0.4, 0.5) is 5.69 Å². The van der Waals surface area contributed by atoms with Gasteiger partial charge >= 0.3 is 0 Å². The summed E-state index contributed by atoms with van der Waals surface area (Å²) >= 11 is 0. The molecule has 1 N–H and O–H groups in total. The van der Waals surface area contributed by atoms with Crippen LogP contribution in [0.3, 0.4) is 0 Å². The van der Waals surface area contributed by atoms with Gasteiger partial charge in [0.2, 0.25) is 11.8 Å². The molecule has 1 aliphatic carbocycles. The van der Waals surface area contributed by atoms with Crippen molar-refractivity contribution in [2.75, 3.05) is 4.90 Å². The highest BCUT2D eigenvalue weighted by molar-refractivity contribution is 6.22. The number of rotatable bonds is 1. The number of anilines is 1. The Bertz CT molecular complexity index is 528. The normalized spacial score (nSPS) is 26.7. The van der Waals surface area contributed by atoms with Crippen LogP contribution in [-0.4, -0.2) is 16.9 Å². The molecule has 0 radical (unpaired) electrons. The van der Waals surface area contributed by atoms with Gasteiger partial charge in [-0.15, -0.1) is 0 Å². The maximum absolute atomic E-state index is 12.4. The molecule has 100 valence electrons. The summed E-state index contributed by atoms with van der Waals surface area (Å²) in [6.45, 7) is 1.73. The van der Waals surface area contributed by atoms with Crippen molar-refractivity contribution in [1.29, 1.82) is 0 Å². The molecule has 19 heavy (non-hydrogen) atoms. The number of benzene rings is 1. The third-order valence-electron chi connectivity index (χ3n) is 4.36. The first-order valence-electron chi connectivity index (χ1n) is 6.77. The summed E-state index contributed by atoms with van der Waals surface area (Å²) in [5.74, 6) is -0.370. The van der Waals surface area contributed by atoms with E-state index in [9.17, 15) is 14.7 Å². The van der Waals surface area contributed by atoms with Gasteiger partial charge in [0.15, 0.2) is 0 Å². The first-order valence-corrected chi connectivity index (χ1v) is 6.77. The van der Waals surface area contributed by atoms with Gasteiger partial charge in [0.05, 0.1) is 17.5 Å². The van der Waals surface area contributed by atoms with Crippen LogP contribution in [0, 0.1) is 18.8 Å². The molecule has 4 nitrogen and oxygen atoms in total. The highest BCUT2D eigenvalue weighted by Crippen LogP contribution is 2.41. The first-order chi connectivity index (χ1) is 9.11. The highest BCUT2D eigenvalue weighted by atomic mass is 16.3. The predicted molar refractivity (Wildman–Crippen MR) is 70.8 cm³/mol. The maximum Gasteiger partial charge on any atom is 0.237 e. The van der Waals surface area contributed by atoms with Crippen LogP contribution in [-0.2, 0) is 9.59 Å². The number of fused-ring (bicyclic) bond motifs is 1. The number of carbonyl (C=O) groups is 2. The molecule has 2 fully saturated rings. The Labute approximate surface area is 112 Å². The Hall–Kier alpha value is -1.84. The van der Waals surface area contributed by atoms with E-state index in [2.05, 4.69) is 0 Å². The second-order valence-corrected chi connectivity index (χ2v) is 5.43. The van der Waals surface area contributed by atoms with Crippen molar-refractivity contribution in [3.63, 3.8) is 0 Å². The van der Waals surface area contributed by atoms with E-state index in [1.165, 1.54) is 4.90 Å². The zero-order chi connectivity index (χ0) is 13.6. The minimum absolute atomic E-state index is 0.0941. The van der Waals surface area contributed by atoms with Crippen LogP contribution in [0.2, 0.25) is 0 Å². The summed E-state index contributed by atoms with van der Waals surface area (Å²) in [4.78, 5) is 26.2. The molecule has 2 aliphatic rings. The van der Waals surface area contributed by atoms with E-state index in [4.69, 9.17) is 0 Å². The summed E-state index contributed by atoms with van der Waals surface area (Å²) in [7, 11) is 0. The Morgan fingerprint density at radius 1 is 1.11 bits per heavy atom. The fourth-order valence-corrected chi connectivity index (χ4v) is 3.25. The van der Waals surface area contributed by atoms with Crippen LogP contribution < -0.4 is 4.90 Å². The summed E-state index contributed by atoms with van der Waals surface area (Å²) in [5, 5.41) is 9.74. The lowest BCUT2D eigenvalue weighted by molar-refractivity contribution is -0.122. The molecular weight excluding hydrogens is 242 g/mol. The van der Waals surface area contributed by atoms with E-state index >= 15 is 0 Å². The topological polar surface area (TPSA) is 57.6 Å². The fourth-order valence-electron chi connectivity index (χ4n) is 3.25. The van der Waals surface area contributed by atoms with Gasteiger partial charge in [0, 0.05) is 5.56 Å². The van der Waals surface area contributed by atoms with E-state index in [1.54, 1.807) is 25.1 Å². The number of imide groups is 1. The SMILES string of the molecule is Cc1c(O)cccc1N1C(=O)C2CCCCC2C1=O. The van der Waals surface area contributed by atoms with Gasteiger partial charge in [-0.05, 0) is 31.9 Å². The van der Waals surface area contributed by atoms with Crippen LogP contribution >= 0.6 is 0 Å². The maximum atomic E-state index is 12.4. The second-order valence-electron chi connectivity index (χ2n) is 5.43. The van der Waals surface area contributed by atoms with Crippen LogP contribution in [0.1, 0.15) is 31.2 Å². The second kappa shape index (κ2) is 4.37. The molecular formula is C15H17NO3. The molecule has 2 unspecified atom stereocenters. The molecule has 1 aliphatic heterocycles. The van der Waals surface area contributed by atoms with Gasteiger partial charge in [0.25, 0.3) is 0 Å². The lowest BCUT2D eigenvalue weighted by atomic mass is 9.81. The summed E-state index contributed by atoms with van der Waals surface area (Å²) in [6, 6.07) is 4.96. The minimum Gasteiger partial charge on any atom is -0.508 e. The number of hydrogen-bond donors (Lipinski definition) is 1. The van der Waals surface area contributed by atoms with Gasteiger partial charge in [-0.1, -0.05) is 18.9 Å². The van der Waals surface area contributed by atoms with E-state index in [0.29, 0.717) is 11.3 Å². The quantitative estimate of drug-likeness (QED) is 0.788. The van der Waals surface area contributed by atoms with E-state index < -0.39 is 0 Å². The van der Waals surface area contributed by atoms with Crippen molar-refractivity contribution in [1.82, 2.24) is 0 Å². The Morgan fingerprint density at radius 3 is 2.26 bits per heavy atom. The number of hydrogen-bond acceptors (Lipinski definition) is 3. The molecule has 1 saturated carbocycles. The number of amides is 2. The van der Waals surface area contributed by atoms with Crippen LogP contribution in [0.15, 0.2) is 18.2 Å². The molecule has 1 heterocycles. The molecule has 1 saturated heterocycles. The lowest BCUT2D eigenvalue weighted by Crippen LogP contribution is -2.31. The van der Waals surface area contributed by atoms with Crippen molar-refractivity contribution < 1.29 is 14.7 Å². The Morgan fingerprint density at radius 2 is 1.68 bits per heavy atom. The van der Waals surface area contributed by atoms with Crippen molar-refractivity contribution in [3.05, 3.63) is 23.8 Å². The minimum atomic E-state index is -0.150. The molecule has 2 amide bonds. The fraction of sp³-hybridized carbons (Fsp3) is 0.467. The van der Waals surface area contributed by atoms with E-state index in [0.717, 1.165) is 25.7 Å². The third-order valence-corrected chi connectivity index (χ3v) is 4.36. The zero-order valence-electron chi connectivity index (χ0n) is 10.9. The van der Waals surface area contributed by atoms with Gasteiger partial charge < -0.3 is 5.11 Å². The van der Waals surface area contributed by atoms with E-state index in [1.807, 2.05) is 0 Å². The number of phenols is 1. The average Bonchev–Trinajstić information content (AvgIpc) is 2.67. The standard InChI is InChI=1S/C15H17NO3/c1-9-12(7-4-8-13(9)17)16-14(18)10-5-2-3-6-11(10)15(16)19/h4,7-8,10-11,17H,2-3,5-6H2,1H3. The predicted octanol–water partition coefficient (Wildman–Crippen LogP) is 2.38. The van der Waals surface area contributed by atoms with Crippen molar-refractivity contribution >= 4 is 17.5 Å². The monoisotopic (exact) mass is 259 g/mol. The smallest absolute Gasteiger partial charge is 0.237 e. The van der Waals surface area contributed by atoms with Crippen molar-refractivity contribution in [3.8, 4) is 5.75 Å². The van der Waals surface area contributed by atoms with Gasteiger partial charge in [0.1, 0.15) is 5.75 Å². The summed E-state index contributed by atoms with van der Waals surface area (Å²) in [6.07, 6.45) is 3.66. The molecule has 2 atom stereocenters. The van der Waals surface area contributed by atoms with Gasteiger partial charge in [-0.2, -0.15) is 0 Å². The Balaban J connectivity index is 2.03. The molecule has 1 aromatic carbocycles. The molecule has 0 bridgehead atoms.